The van der Waals surface area contributed by atoms with Crippen molar-refractivity contribution in [1.82, 2.24) is 14.5 Å². The fraction of sp³-hybridized carbons (Fsp3) is 0. The van der Waals surface area contributed by atoms with Crippen molar-refractivity contribution in [2.45, 2.75) is 0 Å². The molecule has 0 aliphatic carbocycles. The van der Waals surface area contributed by atoms with Crippen LogP contribution in [0.4, 0.5) is 0 Å². The molecule has 0 fully saturated rings. The second-order valence-electron chi connectivity index (χ2n) is 13.4. The largest absolute Gasteiger partial charge is 0.309 e. The van der Waals surface area contributed by atoms with E-state index >= 15 is 0 Å². The van der Waals surface area contributed by atoms with E-state index in [1.807, 2.05) is 0 Å². The van der Waals surface area contributed by atoms with Crippen LogP contribution < -0.4 is 0 Å². The molecule has 51 heavy (non-hydrogen) atoms. The normalized spacial score (nSPS) is 11.9. The SMILES string of the molecule is c1ccc(-c2nc(-c3ccc4c(c3)c3ccccc3c3cc5c(cc43)c3ccccc3n5-c3ccccc3)nc3c2ccc2ccccc23)cc1. The van der Waals surface area contributed by atoms with Gasteiger partial charge in [0.2, 0.25) is 0 Å². The summed E-state index contributed by atoms with van der Waals surface area (Å²) in [5.41, 5.74) is 7.58. The molecule has 0 amide bonds. The van der Waals surface area contributed by atoms with Gasteiger partial charge < -0.3 is 4.57 Å². The van der Waals surface area contributed by atoms with Gasteiger partial charge in [0.15, 0.2) is 5.82 Å². The van der Waals surface area contributed by atoms with Crippen molar-refractivity contribution in [3.05, 3.63) is 176 Å². The number of nitrogens with zero attached hydrogens (tertiary/aromatic N) is 3. The van der Waals surface area contributed by atoms with Crippen molar-refractivity contribution in [2.75, 3.05) is 0 Å². The average molecular weight is 648 g/mol. The summed E-state index contributed by atoms with van der Waals surface area (Å²) in [6.07, 6.45) is 0. The van der Waals surface area contributed by atoms with Gasteiger partial charge >= 0.3 is 0 Å². The van der Waals surface area contributed by atoms with Gasteiger partial charge in [-0.15, -0.1) is 0 Å². The summed E-state index contributed by atoms with van der Waals surface area (Å²) in [4.78, 5) is 10.6. The van der Waals surface area contributed by atoms with Gasteiger partial charge in [0, 0.05) is 38.4 Å². The highest BCUT2D eigenvalue weighted by atomic mass is 15.0. The fourth-order valence-electron chi connectivity index (χ4n) is 8.22. The van der Waals surface area contributed by atoms with Crippen LogP contribution >= 0.6 is 0 Å². The molecule has 3 nitrogen and oxygen atoms in total. The highest BCUT2D eigenvalue weighted by Crippen LogP contribution is 2.42. The lowest BCUT2D eigenvalue weighted by atomic mass is 9.92. The van der Waals surface area contributed by atoms with Crippen LogP contribution in [0, 0.1) is 0 Å². The first-order chi connectivity index (χ1) is 25.3. The molecule has 11 aromatic rings. The lowest BCUT2D eigenvalue weighted by Gasteiger charge is -2.14. The van der Waals surface area contributed by atoms with Gasteiger partial charge in [-0.05, 0) is 80.2 Å². The van der Waals surface area contributed by atoms with Crippen molar-refractivity contribution in [2.24, 2.45) is 0 Å². The molecule has 0 saturated heterocycles. The second-order valence-corrected chi connectivity index (χ2v) is 13.4. The minimum absolute atomic E-state index is 0.727. The van der Waals surface area contributed by atoms with Gasteiger partial charge in [-0.25, -0.2) is 9.97 Å². The first-order valence-corrected chi connectivity index (χ1v) is 17.4. The van der Waals surface area contributed by atoms with E-state index in [-0.39, 0.29) is 0 Å². The van der Waals surface area contributed by atoms with Crippen molar-refractivity contribution >= 4 is 75.8 Å². The molecule has 0 spiro atoms. The average Bonchev–Trinajstić information content (AvgIpc) is 3.53. The van der Waals surface area contributed by atoms with Crippen LogP contribution in [0.1, 0.15) is 0 Å². The molecule has 3 heteroatoms. The van der Waals surface area contributed by atoms with Crippen LogP contribution in [0.3, 0.4) is 0 Å². The Bertz CT molecular complexity index is 3180. The van der Waals surface area contributed by atoms with E-state index in [4.69, 9.17) is 9.97 Å². The third-order valence-electron chi connectivity index (χ3n) is 10.5. The van der Waals surface area contributed by atoms with Gasteiger partial charge in [0.05, 0.1) is 22.2 Å². The summed E-state index contributed by atoms with van der Waals surface area (Å²) >= 11 is 0. The predicted molar refractivity (Wildman–Crippen MR) is 215 cm³/mol. The Balaban J connectivity index is 1.22. The molecule has 0 saturated carbocycles. The van der Waals surface area contributed by atoms with Gasteiger partial charge in [0.25, 0.3) is 0 Å². The molecule has 0 unspecified atom stereocenters. The van der Waals surface area contributed by atoms with Crippen LogP contribution in [0.25, 0.3) is 104 Å². The number of para-hydroxylation sites is 2. The number of fused-ring (bicyclic) bond motifs is 12. The summed E-state index contributed by atoms with van der Waals surface area (Å²) in [6.45, 7) is 0. The number of hydrogen-bond donors (Lipinski definition) is 0. The van der Waals surface area contributed by atoms with E-state index < -0.39 is 0 Å². The zero-order valence-corrected chi connectivity index (χ0v) is 27.6. The molecule has 236 valence electrons. The van der Waals surface area contributed by atoms with Gasteiger partial charge in [-0.2, -0.15) is 0 Å². The molecule has 0 bridgehead atoms. The highest BCUT2D eigenvalue weighted by Gasteiger charge is 2.18. The Labute approximate surface area is 293 Å². The molecule has 0 radical (unpaired) electrons. The number of aromatic nitrogens is 3. The summed E-state index contributed by atoms with van der Waals surface area (Å²) in [5.74, 6) is 0.727. The molecule has 0 atom stereocenters. The maximum atomic E-state index is 5.30. The fourth-order valence-corrected chi connectivity index (χ4v) is 8.22. The Morgan fingerprint density at radius 2 is 0.941 bits per heavy atom. The van der Waals surface area contributed by atoms with Crippen molar-refractivity contribution in [1.29, 1.82) is 0 Å². The monoisotopic (exact) mass is 647 g/mol. The van der Waals surface area contributed by atoms with E-state index in [9.17, 15) is 0 Å². The predicted octanol–water partition coefficient (Wildman–Crippen LogP) is 12.7. The van der Waals surface area contributed by atoms with Gasteiger partial charge in [-0.1, -0.05) is 133 Å². The van der Waals surface area contributed by atoms with Gasteiger partial charge in [0.1, 0.15) is 0 Å². The van der Waals surface area contributed by atoms with E-state index in [0.717, 1.165) is 44.6 Å². The first kappa shape index (κ1) is 28.0. The topological polar surface area (TPSA) is 30.7 Å². The Hall–Kier alpha value is -6.84. The molecule has 0 aliphatic rings. The van der Waals surface area contributed by atoms with E-state index in [0.29, 0.717) is 0 Å². The molecule has 9 aromatic carbocycles. The molecule has 0 N–H and O–H groups in total. The Kier molecular flexibility index (Phi) is 5.96. The van der Waals surface area contributed by atoms with Crippen LogP contribution in [0.5, 0.6) is 0 Å². The minimum Gasteiger partial charge on any atom is -0.309 e. The molecule has 11 rings (SSSR count). The van der Waals surface area contributed by atoms with Crippen LogP contribution in [-0.4, -0.2) is 14.5 Å². The smallest absolute Gasteiger partial charge is 0.160 e. The zero-order chi connectivity index (χ0) is 33.5. The van der Waals surface area contributed by atoms with Crippen molar-refractivity contribution in [3.8, 4) is 28.3 Å². The number of rotatable bonds is 3. The zero-order valence-electron chi connectivity index (χ0n) is 27.6. The van der Waals surface area contributed by atoms with Crippen molar-refractivity contribution in [3.63, 3.8) is 0 Å². The van der Waals surface area contributed by atoms with E-state index in [2.05, 4.69) is 180 Å². The standard InChI is InChI=1S/C48H29N3/c1-3-14-31(15-4-1)46-39-26-23-30-13-7-8-18-34(30)47(39)50-48(49-46)32-24-25-37-40(27-32)35-19-9-10-20-36(35)42-29-45-43(28-41(37)42)38-21-11-12-22-44(38)51(45)33-16-5-2-6-17-33/h1-29H. The quantitative estimate of drug-likeness (QED) is 0.179. The van der Waals surface area contributed by atoms with Crippen molar-refractivity contribution < 1.29 is 0 Å². The highest BCUT2D eigenvalue weighted by molar-refractivity contribution is 6.29. The third-order valence-corrected chi connectivity index (χ3v) is 10.5. The molecule has 0 aliphatic heterocycles. The molecule has 2 aromatic heterocycles. The molecular formula is C48H29N3. The molecular weight excluding hydrogens is 619 g/mol. The minimum atomic E-state index is 0.727. The first-order valence-electron chi connectivity index (χ1n) is 17.4. The maximum Gasteiger partial charge on any atom is 0.160 e. The Morgan fingerprint density at radius 3 is 1.75 bits per heavy atom. The van der Waals surface area contributed by atoms with Crippen LogP contribution in [0.2, 0.25) is 0 Å². The van der Waals surface area contributed by atoms with Gasteiger partial charge in [-0.3, -0.25) is 0 Å². The summed E-state index contributed by atoms with van der Waals surface area (Å²) < 4.78 is 2.40. The number of hydrogen-bond acceptors (Lipinski definition) is 2. The van der Waals surface area contributed by atoms with Crippen LogP contribution in [0.15, 0.2) is 176 Å². The Morgan fingerprint density at radius 1 is 0.333 bits per heavy atom. The van der Waals surface area contributed by atoms with Crippen LogP contribution in [-0.2, 0) is 0 Å². The summed E-state index contributed by atoms with van der Waals surface area (Å²) in [7, 11) is 0. The lowest BCUT2D eigenvalue weighted by Crippen LogP contribution is -1.96. The summed E-state index contributed by atoms with van der Waals surface area (Å²) in [5, 5.41) is 13.2. The second kappa shape index (κ2) is 10.8. The molecule has 2 heterocycles. The summed E-state index contributed by atoms with van der Waals surface area (Å²) in [6, 6.07) is 63.1. The lowest BCUT2D eigenvalue weighted by molar-refractivity contribution is 1.18. The van der Waals surface area contributed by atoms with E-state index in [1.165, 1.54) is 59.5 Å². The van der Waals surface area contributed by atoms with E-state index in [1.54, 1.807) is 0 Å². The third kappa shape index (κ3) is 4.19. The maximum absolute atomic E-state index is 5.30. The number of benzene rings is 9.